The van der Waals surface area contributed by atoms with Gasteiger partial charge in [-0.1, -0.05) is 0 Å². The van der Waals surface area contributed by atoms with Gasteiger partial charge in [-0.15, -0.1) is 0 Å². The van der Waals surface area contributed by atoms with Gasteiger partial charge in [0, 0.05) is 13.1 Å². The lowest BCUT2D eigenvalue weighted by atomic mass is 10.1. The highest BCUT2D eigenvalue weighted by atomic mass is 16.6. The van der Waals surface area contributed by atoms with E-state index >= 15 is 0 Å². The fraction of sp³-hybridized carbons (Fsp3) is 0.250. The van der Waals surface area contributed by atoms with Crippen molar-refractivity contribution < 1.29 is 14.5 Å². The van der Waals surface area contributed by atoms with Gasteiger partial charge in [-0.05, 0) is 12.1 Å². The van der Waals surface area contributed by atoms with Gasteiger partial charge in [-0.2, -0.15) is 5.10 Å². The number of benzene rings is 1. The third kappa shape index (κ3) is 3.32. The maximum absolute atomic E-state index is 11.5. The van der Waals surface area contributed by atoms with Crippen LogP contribution in [-0.2, 0) is 18.3 Å². The SMILES string of the molecule is COC(=O)c1ccc([N+](=O)[O-])c(NCc2ncn(C)n2)c1. The average Bonchev–Trinajstić information content (AvgIpc) is 2.89. The van der Waals surface area contributed by atoms with E-state index in [1.54, 1.807) is 7.05 Å². The Bertz CT molecular complexity index is 682. The Labute approximate surface area is 119 Å². The highest BCUT2D eigenvalue weighted by molar-refractivity contribution is 5.91. The van der Waals surface area contributed by atoms with Crippen molar-refractivity contribution in [1.29, 1.82) is 0 Å². The van der Waals surface area contributed by atoms with E-state index in [9.17, 15) is 14.9 Å². The minimum Gasteiger partial charge on any atom is -0.465 e. The summed E-state index contributed by atoms with van der Waals surface area (Å²) in [6, 6.07) is 3.96. The highest BCUT2D eigenvalue weighted by Gasteiger charge is 2.17. The topological polar surface area (TPSA) is 112 Å². The Kier molecular flexibility index (Phi) is 4.12. The molecule has 0 radical (unpaired) electrons. The molecule has 0 aliphatic rings. The number of anilines is 1. The second-order valence-corrected chi connectivity index (χ2v) is 4.17. The Hall–Kier alpha value is -2.97. The molecule has 0 aliphatic carbocycles. The Balaban J connectivity index is 2.25. The van der Waals surface area contributed by atoms with Crippen molar-refractivity contribution in [3.63, 3.8) is 0 Å². The van der Waals surface area contributed by atoms with Crippen LogP contribution in [-0.4, -0.2) is 32.8 Å². The number of nitrogens with one attached hydrogen (secondary N) is 1. The van der Waals surface area contributed by atoms with E-state index < -0.39 is 10.9 Å². The normalized spacial score (nSPS) is 10.2. The Morgan fingerprint density at radius 3 is 2.86 bits per heavy atom. The van der Waals surface area contributed by atoms with Gasteiger partial charge in [-0.3, -0.25) is 14.8 Å². The van der Waals surface area contributed by atoms with E-state index in [2.05, 4.69) is 20.1 Å². The number of hydrogen-bond donors (Lipinski definition) is 1. The number of aromatic nitrogens is 3. The first-order valence-electron chi connectivity index (χ1n) is 5.96. The fourth-order valence-corrected chi connectivity index (χ4v) is 1.72. The first-order valence-corrected chi connectivity index (χ1v) is 5.96. The van der Waals surface area contributed by atoms with Crippen molar-refractivity contribution in [3.8, 4) is 0 Å². The smallest absolute Gasteiger partial charge is 0.337 e. The van der Waals surface area contributed by atoms with Crippen LogP contribution in [0.2, 0.25) is 0 Å². The maximum Gasteiger partial charge on any atom is 0.337 e. The summed E-state index contributed by atoms with van der Waals surface area (Å²) in [5.41, 5.74) is 0.286. The number of carbonyl (C=O) groups excluding carboxylic acids is 1. The zero-order valence-corrected chi connectivity index (χ0v) is 11.4. The molecule has 1 N–H and O–H groups in total. The van der Waals surface area contributed by atoms with Gasteiger partial charge < -0.3 is 10.1 Å². The van der Waals surface area contributed by atoms with Gasteiger partial charge >= 0.3 is 5.97 Å². The highest BCUT2D eigenvalue weighted by Crippen LogP contribution is 2.26. The van der Waals surface area contributed by atoms with Crippen LogP contribution in [0.1, 0.15) is 16.2 Å². The summed E-state index contributed by atoms with van der Waals surface area (Å²) in [6.45, 7) is 0.201. The number of nitrogens with zero attached hydrogens (tertiary/aromatic N) is 4. The molecule has 0 spiro atoms. The van der Waals surface area contributed by atoms with Crippen molar-refractivity contribution in [2.45, 2.75) is 6.54 Å². The predicted octanol–water partition coefficient (Wildman–Crippen LogP) is 1.12. The number of rotatable bonds is 5. The molecule has 2 aromatic rings. The van der Waals surface area contributed by atoms with Gasteiger partial charge in [0.2, 0.25) is 0 Å². The molecule has 1 aromatic heterocycles. The van der Waals surface area contributed by atoms with E-state index in [-0.39, 0.29) is 23.5 Å². The molecule has 0 unspecified atom stereocenters. The van der Waals surface area contributed by atoms with E-state index in [1.807, 2.05) is 0 Å². The zero-order valence-electron chi connectivity index (χ0n) is 11.4. The average molecular weight is 291 g/mol. The number of nitro groups is 1. The molecule has 0 saturated carbocycles. The minimum absolute atomic E-state index is 0.140. The van der Waals surface area contributed by atoms with Crippen molar-refractivity contribution in [1.82, 2.24) is 14.8 Å². The molecule has 21 heavy (non-hydrogen) atoms. The maximum atomic E-state index is 11.5. The molecule has 1 heterocycles. The molecule has 0 saturated heterocycles. The summed E-state index contributed by atoms with van der Waals surface area (Å²) in [5, 5.41) is 17.9. The van der Waals surface area contributed by atoms with Gasteiger partial charge in [0.25, 0.3) is 5.69 Å². The summed E-state index contributed by atoms with van der Waals surface area (Å²) in [7, 11) is 2.96. The lowest BCUT2D eigenvalue weighted by molar-refractivity contribution is -0.384. The number of hydrogen-bond acceptors (Lipinski definition) is 7. The molecule has 0 aliphatic heterocycles. The summed E-state index contributed by atoms with van der Waals surface area (Å²) in [6.07, 6.45) is 1.52. The molecular formula is C12H13N5O4. The molecule has 110 valence electrons. The predicted molar refractivity (Wildman–Crippen MR) is 72.8 cm³/mol. The molecule has 1 aromatic carbocycles. The summed E-state index contributed by atoms with van der Waals surface area (Å²) in [4.78, 5) is 26.0. The molecule has 0 bridgehead atoms. The molecule has 0 amide bonds. The lowest BCUT2D eigenvalue weighted by Crippen LogP contribution is -2.07. The molecule has 0 atom stereocenters. The van der Waals surface area contributed by atoms with Gasteiger partial charge in [0.15, 0.2) is 5.82 Å². The quantitative estimate of drug-likeness (QED) is 0.499. The van der Waals surface area contributed by atoms with Crippen LogP contribution < -0.4 is 5.32 Å². The third-order valence-corrected chi connectivity index (χ3v) is 2.70. The van der Waals surface area contributed by atoms with Crippen molar-refractivity contribution in [2.24, 2.45) is 7.05 Å². The largest absolute Gasteiger partial charge is 0.465 e. The van der Waals surface area contributed by atoms with Crippen molar-refractivity contribution in [2.75, 3.05) is 12.4 Å². The number of aryl methyl sites for hydroxylation is 1. The minimum atomic E-state index is -0.566. The van der Waals surface area contributed by atoms with Crippen LogP contribution in [0.5, 0.6) is 0 Å². The van der Waals surface area contributed by atoms with Gasteiger partial charge in [-0.25, -0.2) is 9.78 Å². The fourth-order valence-electron chi connectivity index (χ4n) is 1.72. The van der Waals surface area contributed by atoms with E-state index in [1.165, 1.54) is 36.3 Å². The van der Waals surface area contributed by atoms with E-state index in [0.29, 0.717) is 5.82 Å². The number of methoxy groups -OCH3 is 1. The number of ether oxygens (including phenoxy) is 1. The summed E-state index contributed by atoms with van der Waals surface area (Å²) in [5.74, 6) is -0.0841. The summed E-state index contributed by atoms with van der Waals surface area (Å²) < 4.78 is 6.12. The second kappa shape index (κ2) is 5.99. The molecule has 0 fully saturated rings. The lowest BCUT2D eigenvalue weighted by Gasteiger charge is -2.07. The van der Waals surface area contributed by atoms with Crippen LogP contribution in [0.3, 0.4) is 0 Å². The van der Waals surface area contributed by atoms with E-state index in [0.717, 1.165) is 0 Å². The molecule has 9 heteroatoms. The van der Waals surface area contributed by atoms with E-state index in [4.69, 9.17) is 0 Å². The Morgan fingerprint density at radius 2 is 2.29 bits per heavy atom. The first kappa shape index (κ1) is 14.4. The van der Waals surface area contributed by atoms with Crippen LogP contribution in [0.25, 0.3) is 0 Å². The zero-order chi connectivity index (χ0) is 15.4. The number of nitro benzene ring substituents is 1. The van der Waals surface area contributed by atoms with Crippen LogP contribution in [0.4, 0.5) is 11.4 Å². The first-order chi connectivity index (χ1) is 10.0. The Morgan fingerprint density at radius 1 is 1.52 bits per heavy atom. The second-order valence-electron chi connectivity index (χ2n) is 4.17. The molecule has 2 rings (SSSR count). The third-order valence-electron chi connectivity index (χ3n) is 2.70. The van der Waals surface area contributed by atoms with Crippen molar-refractivity contribution in [3.05, 3.63) is 46.0 Å². The number of esters is 1. The van der Waals surface area contributed by atoms with Crippen LogP contribution in [0, 0.1) is 10.1 Å². The monoisotopic (exact) mass is 291 g/mol. The molecular weight excluding hydrogens is 278 g/mol. The summed E-state index contributed by atoms with van der Waals surface area (Å²) >= 11 is 0. The van der Waals surface area contributed by atoms with Gasteiger partial charge in [0.1, 0.15) is 12.0 Å². The standard InChI is InChI=1S/C12H13N5O4/c1-16-7-14-11(15-16)6-13-9-5-8(12(18)21-2)3-4-10(9)17(19)20/h3-5,7,13H,6H2,1-2H3. The van der Waals surface area contributed by atoms with Crippen LogP contribution in [0.15, 0.2) is 24.5 Å². The molecule has 9 nitrogen and oxygen atoms in total. The van der Waals surface area contributed by atoms with Crippen LogP contribution >= 0.6 is 0 Å². The van der Waals surface area contributed by atoms with Crippen molar-refractivity contribution >= 4 is 17.3 Å². The van der Waals surface area contributed by atoms with Gasteiger partial charge in [0.05, 0.1) is 24.1 Å². The number of carbonyl (C=O) groups is 1.